The molecule has 2 aliphatic rings. The van der Waals surface area contributed by atoms with Crippen LogP contribution in [0.2, 0.25) is 0 Å². The largest absolute Gasteiger partial charge is 0.398 e. The number of nitrogens with zero attached hydrogens (tertiary/aromatic N) is 1. The van der Waals surface area contributed by atoms with Crippen molar-refractivity contribution in [2.45, 2.75) is 45.1 Å². The van der Waals surface area contributed by atoms with Crippen molar-refractivity contribution < 1.29 is 4.74 Å². The molecule has 3 nitrogen and oxygen atoms in total. The minimum absolute atomic E-state index is 0.417. The van der Waals surface area contributed by atoms with Gasteiger partial charge in [0.25, 0.3) is 0 Å². The molecule has 0 saturated carbocycles. The van der Waals surface area contributed by atoms with Crippen LogP contribution in [0.3, 0.4) is 0 Å². The van der Waals surface area contributed by atoms with Crippen molar-refractivity contribution in [1.29, 1.82) is 0 Å². The summed E-state index contributed by atoms with van der Waals surface area (Å²) in [6.07, 6.45) is 3.26. The quantitative estimate of drug-likeness (QED) is 0.794. The third-order valence-corrected chi connectivity index (χ3v) is 3.87. The first-order chi connectivity index (χ1) is 8.22. The lowest BCUT2D eigenvalue weighted by Gasteiger charge is -2.19. The standard InChI is InChI=1S/C14H20N2O/c1-10-5-6-12(17-10)8-16-7-11-3-2-4-14(15)13(11)9-16/h2-4,10,12H,5-9,15H2,1H3. The molecule has 0 bridgehead atoms. The number of nitrogen functional groups attached to an aromatic ring is 1. The molecule has 0 amide bonds. The lowest BCUT2D eigenvalue weighted by Crippen LogP contribution is -2.28. The van der Waals surface area contributed by atoms with Crippen LogP contribution in [0.5, 0.6) is 0 Å². The second kappa shape index (κ2) is 4.31. The Kier molecular flexibility index (Phi) is 2.81. The van der Waals surface area contributed by atoms with E-state index in [9.17, 15) is 0 Å². The summed E-state index contributed by atoms with van der Waals surface area (Å²) >= 11 is 0. The first-order valence-corrected chi connectivity index (χ1v) is 6.46. The van der Waals surface area contributed by atoms with Crippen LogP contribution in [-0.2, 0) is 17.8 Å². The fraction of sp³-hybridized carbons (Fsp3) is 0.571. The van der Waals surface area contributed by atoms with Crippen LogP contribution in [0, 0.1) is 0 Å². The molecule has 92 valence electrons. The third kappa shape index (κ3) is 2.17. The highest BCUT2D eigenvalue weighted by Gasteiger charge is 2.27. The molecule has 2 unspecified atom stereocenters. The lowest BCUT2D eigenvalue weighted by atomic mass is 10.1. The maximum atomic E-state index is 6.01. The molecule has 3 rings (SSSR count). The van der Waals surface area contributed by atoms with E-state index in [4.69, 9.17) is 10.5 Å². The van der Waals surface area contributed by atoms with Crippen molar-refractivity contribution in [2.75, 3.05) is 12.3 Å². The summed E-state index contributed by atoms with van der Waals surface area (Å²) in [6, 6.07) is 6.23. The van der Waals surface area contributed by atoms with E-state index in [1.54, 1.807) is 0 Å². The molecule has 1 aromatic carbocycles. The Morgan fingerprint density at radius 2 is 2.24 bits per heavy atom. The van der Waals surface area contributed by atoms with Gasteiger partial charge in [-0.1, -0.05) is 12.1 Å². The summed E-state index contributed by atoms with van der Waals surface area (Å²) in [6.45, 7) is 5.21. The summed E-state index contributed by atoms with van der Waals surface area (Å²) in [4.78, 5) is 2.45. The maximum absolute atomic E-state index is 6.01. The number of fused-ring (bicyclic) bond motifs is 1. The minimum Gasteiger partial charge on any atom is -0.398 e. The van der Waals surface area contributed by atoms with Crippen molar-refractivity contribution in [3.63, 3.8) is 0 Å². The fourth-order valence-corrected chi connectivity index (χ4v) is 2.95. The highest BCUT2D eigenvalue weighted by molar-refractivity contribution is 5.52. The van der Waals surface area contributed by atoms with Gasteiger partial charge in [-0.25, -0.2) is 0 Å². The molecule has 2 N–H and O–H groups in total. The van der Waals surface area contributed by atoms with Crippen molar-refractivity contribution in [2.24, 2.45) is 0 Å². The maximum Gasteiger partial charge on any atom is 0.0706 e. The zero-order valence-corrected chi connectivity index (χ0v) is 10.4. The number of anilines is 1. The third-order valence-electron chi connectivity index (χ3n) is 3.87. The molecule has 2 aliphatic heterocycles. The molecule has 1 fully saturated rings. The average molecular weight is 232 g/mol. The van der Waals surface area contributed by atoms with Gasteiger partial charge in [0.1, 0.15) is 0 Å². The van der Waals surface area contributed by atoms with Crippen LogP contribution in [0.1, 0.15) is 30.9 Å². The van der Waals surface area contributed by atoms with Crippen LogP contribution in [0.4, 0.5) is 5.69 Å². The molecule has 1 aromatic rings. The summed E-state index contributed by atoms with van der Waals surface area (Å²) in [5.41, 5.74) is 9.65. The number of hydrogen-bond acceptors (Lipinski definition) is 3. The van der Waals surface area contributed by atoms with Crippen molar-refractivity contribution >= 4 is 5.69 Å². The second-order valence-electron chi connectivity index (χ2n) is 5.30. The van der Waals surface area contributed by atoms with E-state index in [1.165, 1.54) is 24.0 Å². The van der Waals surface area contributed by atoms with Gasteiger partial charge in [-0.2, -0.15) is 0 Å². The number of rotatable bonds is 2. The van der Waals surface area contributed by atoms with Gasteiger partial charge < -0.3 is 10.5 Å². The Morgan fingerprint density at radius 3 is 2.94 bits per heavy atom. The summed E-state index contributed by atoms with van der Waals surface area (Å²) in [5.74, 6) is 0. The van der Waals surface area contributed by atoms with E-state index in [1.807, 2.05) is 12.1 Å². The summed E-state index contributed by atoms with van der Waals surface area (Å²) < 4.78 is 5.88. The predicted octanol–water partition coefficient (Wildman–Crippen LogP) is 2.15. The Bertz CT molecular complexity index is 419. The van der Waals surface area contributed by atoms with Gasteiger partial charge in [0.15, 0.2) is 0 Å². The number of benzene rings is 1. The van der Waals surface area contributed by atoms with E-state index >= 15 is 0 Å². The van der Waals surface area contributed by atoms with E-state index in [0.29, 0.717) is 12.2 Å². The van der Waals surface area contributed by atoms with Crippen molar-refractivity contribution in [3.8, 4) is 0 Å². The molecule has 0 aliphatic carbocycles. The molecule has 17 heavy (non-hydrogen) atoms. The lowest BCUT2D eigenvalue weighted by molar-refractivity contribution is 0.0307. The van der Waals surface area contributed by atoms with Gasteiger partial charge in [-0.15, -0.1) is 0 Å². The molecule has 1 saturated heterocycles. The van der Waals surface area contributed by atoms with Gasteiger partial charge in [-0.05, 0) is 37.0 Å². The molecule has 2 heterocycles. The van der Waals surface area contributed by atoms with Crippen LogP contribution in [-0.4, -0.2) is 23.7 Å². The van der Waals surface area contributed by atoms with Crippen LogP contribution in [0.25, 0.3) is 0 Å². The van der Waals surface area contributed by atoms with E-state index < -0.39 is 0 Å². The zero-order valence-electron chi connectivity index (χ0n) is 10.4. The molecule has 2 atom stereocenters. The molecular weight excluding hydrogens is 212 g/mol. The van der Waals surface area contributed by atoms with Crippen LogP contribution in [0.15, 0.2) is 18.2 Å². The summed E-state index contributed by atoms with van der Waals surface area (Å²) in [5, 5.41) is 0. The average Bonchev–Trinajstić information content (AvgIpc) is 2.86. The van der Waals surface area contributed by atoms with E-state index in [2.05, 4.69) is 17.9 Å². The molecule has 0 radical (unpaired) electrons. The van der Waals surface area contributed by atoms with Crippen molar-refractivity contribution in [3.05, 3.63) is 29.3 Å². The van der Waals surface area contributed by atoms with Gasteiger partial charge >= 0.3 is 0 Å². The monoisotopic (exact) mass is 232 g/mol. The van der Waals surface area contributed by atoms with Gasteiger partial charge in [0.05, 0.1) is 12.2 Å². The molecule has 0 spiro atoms. The number of nitrogens with two attached hydrogens (primary N) is 1. The van der Waals surface area contributed by atoms with Crippen LogP contribution < -0.4 is 5.73 Å². The SMILES string of the molecule is CC1CCC(CN2Cc3cccc(N)c3C2)O1. The summed E-state index contributed by atoms with van der Waals surface area (Å²) in [7, 11) is 0. The van der Waals surface area contributed by atoms with Crippen molar-refractivity contribution in [1.82, 2.24) is 4.90 Å². The normalized spacial score (nSPS) is 28.5. The Balaban J connectivity index is 1.64. The van der Waals surface area contributed by atoms with Gasteiger partial charge in [-0.3, -0.25) is 4.90 Å². The zero-order chi connectivity index (χ0) is 11.8. The predicted molar refractivity (Wildman–Crippen MR) is 68.5 cm³/mol. The number of ether oxygens (including phenoxy) is 1. The Morgan fingerprint density at radius 1 is 1.35 bits per heavy atom. The minimum atomic E-state index is 0.417. The highest BCUT2D eigenvalue weighted by Crippen LogP contribution is 2.29. The number of hydrogen-bond donors (Lipinski definition) is 1. The van der Waals surface area contributed by atoms with Gasteiger partial charge in [0, 0.05) is 25.3 Å². The Hall–Kier alpha value is -1.06. The van der Waals surface area contributed by atoms with Crippen LogP contribution >= 0.6 is 0 Å². The van der Waals surface area contributed by atoms with E-state index in [-0.39, 0.29) is 0 Å². The smallest absolute Gasteiger partial charge is 0.0706 e. The molecule has 0 aromatic heterocycles. The van der Waals surface area contributed by atoms with Gasteiger partial charge in [0.2, 0.25) is 0 Å². The first kappa shape index (κ1) is 11.1. The topological polar surface area (TPSA) is 38.5 Å². The van der Waals surface area contributed by atoms with E-state index in [0.717, 1.165) is 25.3 Å². The first-order valence-electron chi connectivity index (χ1n) is 6.46. The second-order valence-corrected chi connectivity index (χ2v) is 5.30. The fourth-order valence-electron chi connectivity index (χ4n) is 2.95. The molecular formula is C14H20N2O. The Labute approximate surface area is 103 Å². The highest BCUT2D eigenvalue weighted by atomic mass is 16.5. The molecule has 3 heteroatoms.